The standard InChI is InChI=1S/C12H14O/c13-11-7-2-1-4-8-12-9-5-3-6-10-12/h2-10,13H,1,11H2/b7-2-,8-4+. The predicted octanol–water partition coefficient (Wildman–Crippen LogP) is 2.64. The van der Waals surface area contributed by atoms with Gasteiger partial charge in [-0.25, -0.2) is 0 Å². The van der Waals surface area contributed by atoms with Crippen LogP contribution in [0.15, 0.2) is 48.6 Å². The van der Waals surface area contributed by atoms with E-state index in [-0.39, 0.29) is 6.61 Å². The summed E-state index contributed by atoms with van der Waals surface area (Å²) in [5.41, 5.74) is 1.21. The van der Waals surface area contributed by atoms with Crippen LogP contribution in [0.1, 0.15) is 12.0 Å². The van der Waals surface area contributed by atoms with E-state index in [1.165, 1.54) is 5.56 Å². The fourth-order valence-electron chi connectivity index (χ4n) is 1.02. The second-order valence-corrected chi connectivity index (χ2v) is 2.70. The number of aliphatic hydroxyl groups excluding tert-OH is 1. The normalized spacial score (nSPS) is 11.5. The van der Waals surface area contributed by atoms with Crippen molar-refractivity contribution in [2.75, 3.05) is 6.61 Å². The Morgan fingerprint density at radius 1 is 1.00 bits per heavy atom. The summed E-state index contributed by atoms with van der Waals surface area (Å²) in [6.07, 6.45) is 8.70. The summed E-state index contributed by atoms with van der Waals surface area (Å²) in [5, 5.41) is 8.47. The molecule has 0 saturated heterocycles. The van der Waals surface area contributed by atoms with Gasteiger partial charge in [0.2, 0.25) is 0 Å². The van der Waals surface area contributed by atoms with Crippen LogP contribution < -0.4 is 0 Å². The topological polar surface area (TPSA) is 20.2 Å². The molecule has 0 bridgehead atoms. The molecule has 1 N–H and O–H groups in total. The number of rotatable bonds is 4. The van der Waals surface area contributed by atoms with Crippen LogP contribution in [0.3, 0.4) is 0 Å². The Hall–Kier alpha value is -1.34. The van der Waals surface area contributed by atoms with Crippen LogP contribution in [0.2, 0.25) is 0 Å². The molecule has 1 heteroatoms. The minimum absolute atomic E-state index is 0.124. The van der Waals surface area contributed by atoms with Crippen molar-refractivity contribution in [1.82, 2.24) is 0 Å². The molecule has 68 valence electrons. The highest BCUT2D eigenvalue weighted by atomic mass is 16.2. The first kappa shape index (κ1) is 9.75. The van der Waals surface area contributed by atoms with Crippen molar-refractivity contribution in [3.8, 4) is 0 Å². The fourth-order valence-corrected chi connectivity index (χ4v) is 1.02. The van der Waals surface area contributed by atoms with Crippen LogP contribution in [0.4, 0.5) is 0 Å². The molecule has 1 nitrogen and oxygen atoms in total. The van der Waals surface area contributed by atoms with E-state index in [2.05, 4.69) is 24.3 Å². The lowest BCUT2D eigenvalue weighted by atomic mass is 10.2. The van der Waals surface area contributed by atoms with Crippen LogP contribution in [-0.4, -0.2) is 11.7 Å². The molecule has 0 unspecified atom stereocenters. The van der Waals surface area contributed by atoms with E-state index in [0.717, 1.165) is 6.42 Å². The van der Waals surface area contributed by atoms with Crippen LogP contribution in [0.5, 0.6) is 0 Å². The van der Waals surface area contributed by atoms with Gasteiger partial charge in [-0.3, -0.25) is 0 Å². The van der Waals surface area contributed by atoms with E-state index in [1.54, 1.807) is 6.08 Å². The minimum Gasteiger partial charge on any atom is -0.392 e. The minimum atomic E-state index is 0.124. The molecule has 0 spiro atoms. The van der Waals surface area contributed by atoms with Crippen LogP contribution >= 0.6 is 0 Å². The molecule has 0 heterocycles. The van der Waals surface area contributed by atoms with E-state index in [0.29, 0.717) is 0 Å². The molecule has 0 saturated carbocycles. The molecule has 0 aliphatic heterocycles. The second kappa shape index (κ2) is 6.21. The van der Waals surface area contributed by atoms with Gasteiger partial charge >= 0.3 is 0 Å². The average molecular weight is 174 g/mol. The zero-order valence-electron chi connectivity index (χ0n) is 7.56. The molecular formula is C12H14O. The maximum absolute atomic E-state index is 8.47. The van der Waals surface area contributed by atoms with Gasteiger partial charge in [-0.05, 0) is 12.0 Å². The number of allylic oxidation sites excluding steroid dienone is 2. The molecule has 0 aliphatic carbocycles. The molecule has 0 aromatic heterocycles. The monoisotopic (exact) mass is 174 g/mol. The summed E-state index contributed by atoms with van der Waals surface area (Å²) in [6, 6.07) is 10.2. The summed E-state index contributed by atoms with van der Waals surface area (Å²) in [4.78, 5) is 0. The molecule has 13 heavy (non-hydrogen) atoms. The maximum Gasteiger partial charge on any atom is 0.0612 e. The maximum atomic E-state index is 8.47. The average Bonchev–Trinajstić information content (AvgIpc) is 2.19. The number of hydrogen-bond donors (Lipinski definition) is 1. The molecule has 1 rings (SSSR count). The van der Waals surface area contributed by atoms with Crippen molar-refractivity contribution < 1.29 is 5.11 Å². The van der Waals surface area contributed by atoms with E-state index in [1.807, 2.05) is 24.3 Å². The van der Waals surface area contributed by atoms with E-state index >= 15 is 0 Å². The Morgan fingerprint density at radius 3 is 2.46 bits per heavy atom. The first-order chi connectivity index (χ1) is 6.43. The van der Waals surface area contributed by atoms with Crippen molar-refractivity contribution in [3.05, 3.63) is 54.1 Å². The quantitative estimate of drug-likeness (QED) is 0.696. The smallest absolute Gasteiger partial charge is 0.0612 e. The summed E-state index contributed by atoms with van der Waals surface area (Å²) in [5.74, 6) is 0. The van der Waals surface area contributed by atoms with Gasteiger partial charge in [0.05, 0.1) is 6.61 Å². The lowest BCUT2D eigenvalue weighted by Crippen LogP contribution is -1.70. The van der Waals surface area contributed by atoms with Crippen LogP contribution in [0.25, 0.3) is 6.08 Å². The van der Waals surface area contributed by atoms with Gasteiger partial charge in [-0.2, -0.15) is 0 Å². The highest BCUT2D eigenvalue weighted by molar-refractivity contribution is 5.48. The summed E-state index contributed by atoms with van der Waals surface area (Å²) in [7, 11) is 0. The van der Waals surface area contributed by atoms with E-state index in [4.69, 9.17) is 5.11 Å². The molecule has 1 aromatic rings. The Bertz CT molecular complexity index is 272. The number of benzene rings is 1. The van der Waals surface area contributed by atoms with Gasteiger partial charge in [-0.15, -0.1) is 0 Å². The molecule has 0 aliphatic rings. The van der Waals surface area contributed by atoms with Gasteiger partial charge in [0.1, 0.15) is 0 Å². The molecule has 1 aromatic carbocycles. The van der Waals surface area contributed by atoms with E-state index in [9.17, 15) is 0 Å². The first-order valence-electron chi connectivity index (χ1n) is 4.41. The summed E-state index contributed by atoms with van der Waals surface area (Å²) >= 11 is 0. The van der Waals surface area contributed by atoms with Crippen molar-refractivity contribution in [1.29, 1.82) is 0 Å². The molecular weight excluding hydrogens is 160 g/mol. The largest absolute Gasteiger partial charge is 0.392 e. The van der Waals surface area contributed by atoms with Gasteiger partial charge < -0.3 is 5.11 Å². The highest BCUT2D eigenvalue weighted by Crippen LogP contribution is 2.01. The third kappa shape index (κ3) is 4.28. The Morgan fingerprint density at radius 2 is 1.77 bits per heavy atom. The molecule has 0 radical (unpaired) electrons. The van der Waals surface area contributed by atoms with Crippen molar-refractivity contribution in [3.63, 3.8) is 0 Å². The Balaban J connectivity index is 2.37. The summed E-state index contributed by atoms with van der Waals surface area (Å²) in [6.45, 7) is 0.124. The lowest BCUT2D eigenvalue weighted by molar-refractivity contribution is 0.342. The second-order valence-electron chi connectivity index (χ2n) is 2.70. The zero-order chi connectivity index (χ0) is 9.36. The molecule has 0 atom stereocenters. The fraction of sp³-hybridized carbons (Fsp3) is 0.167. The highest BCUT2D eigenvalue weighted by Gasteiger charge is 1.80. The Labute approximate surface area is 79.0 Å². The predicted molar refractivity (Wildman–Crippen MR) is 56.3 cm³/mol. The van der Waals surface area contributed by atoms with Crippen LogP contribution in [-0.2, 0) is 0 Å². The van der Waals surface area contributed by atoms with Crippen molar-refractivity contribution in [2.45, 2.75) is 6.42 Å². The zero-order valence-corrected chi connectivity index (χ0v) is 7.56. The number of aliphatic hydroxyl groups is 1. The molecule has 0 amide bonds. The molecule has 0 fully saturated rings. The first-order valence-corrected chi connectivity index (χ1v) is 4.41. The number of hydrogen-bond acceptors (Lipinski definition) is 1. The van der Waals surface area contributed by atoms with Gasteiger partial charge in [0.15, 0.2) is 0 Å². The van der Waals surface area contributed by atoms with E-state index < -0.39 is 0 Å². The van der Waals surface area contributed by atoms with Gasteiger partial charge in [0.25, 0.3) is 0 Å². The van der Waals surface area contributed by atoms with Crippen molar-refractivity contribution >= 4 is 6.08 Å². The lowest BCUT2D eigenvalue weighted by Gasteiger charge is -1.89. The van der Waals surface area contributed by atoms with Gasteiger partial charge in [0, 0.05) is 0 Å². The van der Waals surface area contributed by atoms with Gasteiger partial charge in [-0.1, -0.05) is 54.6 Å². The third-order valence-electron chi connectivity index (χ3n) is 1.65. The SMILES string of the molecule is OC/C=C\C/C=C/c1ccccc1. The third-order valence-corrected chi connectivity index (χ3v) is 1.65. The van der Waals surface area contributed by atoms with Crippen molar-refractivity contribution in [2.24, 2.45) is 0 Å². The Kier molecular flexibility index (Phi) is 4.65. The van der Waals surface area contributed by atoms with Crippen LogP contribution in [0, 0.1) is 0 Å². The summed E-state index contributed by atoms with van der Waals surface area (Å²) < 4.78 is 0.